The van der Waals surface area contributed by atoms with Crippen LogP contribution in [0.4, 0.5) is 0 Å². The standard InChI is InChI=1S/C19H28N4S2.HI/c1-2-20-19(22-13-17-7-11-24-15-17)21-12-16-5-8-23(9-6-16)14-18-4-3-10-25-18;/h3-4,7,10-11,15-16H,2,5-6,8-9,12-14H2,1H3,(H2,20,21,22);1H. The molecule has 4 nitrogen and oxygen atoms in total. The summed E-state index contributed by atoms with van der Waals surface area (Å²) in [6.07, 6.45) is 2.53. The molecule has 144 valence electrons. The third-order valence-electron chi connectivity index (χ3n) is 4.57. The molecule has 0 atom stereocenters. The molecule has 0 aliphatic carbocycles. The van der Waals surface area contributed by atoms with Gasteiger partial charge in [-0.3, -0.25) is 4.90 Å². The van der Waals surface area contributed by atoms with Crippen LogP contribution in [0.1, 0.15) is 30.2 Å². The molecule has 3 heterocycles. The zero-order valence-corrected chi connectivity index (χ0v) is 19.3. The Labute approximate surface area is 182 Å². The fourth-order valence-electron chi connectivity index (χ4n) is 3.11. The van der Waals surface area contributed by atoms with E-state index < -0.39 is 0 Å². The van der Waals surface area contributed by atoms with E-state index in [4.69, 9.17) is 4.99 Å². The summed E-state index contributed by atoms with van der Waals surface area (Å²) < 4.78 is 0. The van der Waals surface area contributed by atoms with Gasteiger partial charge >= 0.3 is 0 Å². The summed E-state index contributed by atoms with van der Waals surface area (Å²) in [6.45, 7) is 8.29. The second-order valence-electron chi connectivity index (χ2n) is 6.51. The number of aliphatic imine (C=N–C) groups is 1. The Bertz CT molecular complexity index is 620. The van der Waals surface area contributed by atoms with Crippen LogP contribution in [0.2, 0.25) is 0 Å². The van der Waals surface area contributed by atoms with Crippen LogP contribution in [0, 0.1) is 5.92 Å². The maximum absolute atomic E-state index is 4.70. The van der Waals surface area contributed by atoms with Crippen LogP contribution in [0.15, 0.2) is 39.3 Å². The first-order valence-corrected chi connectivity index (χ1v) is 10.9. The molecule has 0 saturated carbocycles. The van der Waals surface area contributed by atoms with Crippen molar-refractivity contribution in [3.8, 4) is 0 Å². The summed E-state index contributed by atoms with van der Waals surface area (Å²) in [7, 11) is 0. The van der Waals surface area contributed by atoms with Crippen molar-refractivity contribution < 1.29 is 0 Å². The zero-order valence-electron chi connectivity index (χ0n) is 15.3. The Morgan fingerprint density at radius 2 is 2.08 bits per heavy atom. The Kier molecular flexibility index (Phi) is 9.95. The fraction of sp³-hybridized carbons (Fsp3) is 0.526. The summed E-state index contributed by atoms with van der Waals surface area (Å²) in [5.74, 6) is 1.68. The predicted octanol–water partition coefficient (Wildman–Crippen LogP) is 4.39. The quantitative estimate of drug-likeness (QED) is 0.334. The lowest BCUT2D eigenvalue weighted by Gasteiger charge is -2.32. The Morgan fingerprint density at radius 1 is 1.23 bits per heavy atom. The molecule has 26 heavy (non-hydrogen) atoms. The minimum Gasteiger partial charge on any atom is -0.357 e. The summed E-state index contributed by atoms with van der Waals surface area (Å²) >= 11 is 3.59. The predicted molar refractivity (Wildman–Crippen MR) is 125 cm³/mol. The van der Waals surface area contributed by atoms with Crippen molar-refractivity contribution in [1.29, 1.82) is 0 Å². The van der Waals surface area contributed by atoms with E-state index in [1.807, 2.05) is 11.3 Å². The molecule has 7 heteroatoms. The van der Waals surface area contributed by atoms with Crippen LogP contribution in [-0.2, 0) is 13.1 Å². The van der Waals surface area contributed by atoms with Gasteiger partial charge in [-0.1, -0.05) is 6.07 Å². The van der Waals surface area contributed by atoms with Gasteiger partial charge in [-0.2, -0.15) is 11.3 Å². The van der Waals surface area contributed by atoms with Crippen molar-refractivity contribution >= 4 is 52.6 Å². The van der Waals surface area contributed by atoms with Crippen molar-refractivity contribution in [2.45, 2.75) is 32.9 Å². The van der Waals surface area contributed by atoms with Crippen molar-refractivity contribution in [3.63, 3.8) is 0 Å². The molecule has 1 saturated heterocycles. The van der Waals surface area contributed by atoms with Crippen molar-refractivity contribution in [2.75, 3.05) is 26.2 Å². The van der Waals surface area contributed by atoms with Gasteiger partial charge in [0.2, 0.25) is 0 Å². The van der Waals surface area contributed by atoms with Crippen LogP contribution in [0.25, 0.3) is 0 Å². The maximum Gasteiger partial charge on any atom is 0.191 e. The van der Waals surface area contributed by atoms with Gasteiger partial charge in [-0.05, 0) is 72.6 Å². The van der Waals surface area contributed by atoms with E-state index in [-0.39, 0.29) is 24.0 Å². The maximum atomic E-state index is 4.70. The normalized spacial score (nSPS) is 16.3. The number of likely N-dealkylation sites (tertiary alicyclic amines) is 1. The van der Waals surface area contributed by atoms with Crippen LogP contribution < -0.4 is 10.6 Å². The average Bonchev–Trinajstić information content (AvgIpc) is 3.32. The summed E-state index contributed by atoms with van der Waals surface area (Å²) in [6, 6.07) is 6.53. The van der Waals surface area contributed by atoms with Gasteiger partial charge in [0.05, 0.1) is 6.54 Å². The van der Waals surface area contributed by atoms with Crippen LogP contribution in [0.3, 0.4) is 0 Å². The van der Waals surface area contributed by atoms with Crippen molar-refractivity contribution in [2.24, 2.45) is 10.9 Å². The smallest absolute Gasteiger partial charge is 0.191 e. The minimum absolute atomic E-state index is 0. The molecule has 1 fully saturated rings. The van der Waals surface area contributed by atoms with Crippen molar-refractivity contribution in [1.82, 2.24) is 15.5 Å². The lowest BCUT2D eigenvalue weighted by Crippen LogP contribution is -2.42. The molecule has 0 bridgehead atoms. The van der Waals surface area contributed by atoms with Crippen LogP contribution in [-0.4, -0.2) is 37.0 Å². The van der Waals surface area contributed by atoms with E-state index in [0.29, 0.717) is 0 Å². The minimum atomic E-state index is 0. The molecule has 0 unspecified atom stereocenters. The zero-order chi connectivity index (χ0) is 17.3. The van der Waals surface area contributed by atoms with E-state index in [2.05, 4.69) is 56.8 Å². The van der Waals surface area contributed by atoms with Gasteiger partial charge in [0.15, 0.2) is 5.96 Å². The molecular formula is C19H29IN4S2. The third kappa shape index (κ3) is 7.17. The number of hydrogen-bond acceptors (Lipinski definition) is 4. The molecule has 0 aromatic carbocycles. The van der Waals surface area contributed by atoms with Gasteiger partial charge in [-0.25, -0.2) is 4.99 Å². The highest BCUT2D eigenvalue weighted by Crippen LogP contribution is 2.20. The Hall–Kier alpha value is -0.640. The lowest BCUT2D eigenvalue weighted by molar-refractivity contribution is 0.179. The summed E-state index contributed by atoms with van der Waals surface area (Å²) in [4.78, 5) is 8.76. The van der Waals surface area contributed by atoms with Gasteiger partial charge in [0, 0.05) is 24.5 Å². The highest BCUT2D eigenvalue weighted by Gasteiger charge is 2.19. The SMILES string of the molecule is CCNC(=NCc1ccsc1)NCC1CCN(Cc2cccs2)CC1.I. The van der Waals surface area contributed by atoms with Crippen LogP contribution in [0.5, 0.6) is 0 Å². The first kappa shape index (κ1) is 21.7. The highest BCUT2D eigenvalue weighted by atomic mass is 127. The van der Waals surface area contributed by atoms with Gasteiger partial charge < -0.3 is 10.6 Å². The van der Waals surface area contributed by atoms with Gasteiger partial charge in [0.25, 0.3) is 0 Å². The van der Waals surface area contributed by atoms with E-state index in [1.165, 1.54) is 36.4 Å². The number of guanidine groups is 1. The topological polar surface area (TPSA) is 39.7 Å². The molecule has 3 rings (SSSR count). The molecule has 2 aromatic heterocycles. The number of nitrogens with one attached hydrogen (secondary N) is 2. The molecule has 0 amide bonds. The van der Waals surface area contributed by atoms with E-state index >= 15 is 0 Å². The fourth-order valence-corrected chi connectivity index (χ4v) is 4.51. The molecule has 0 radical (unpaired) electrons. The van der Waals surface area contributed by atoms with Gasteiger partial charge in [-0.15, -0.1) is 35.3 Å². The first-order valence-electron chi connectivity index (χ1n) is 9.11. The number of halogens is 1. The third-order valence-corrected chi connectivity index (χ3v) is 6.16. The van der Waals surface area contributed by atoms with E-state index in [1.54, 1.807) is 11.3 Å². The van der Waals surface area contributed by atoms with Crippen LogP contribution >= 0.6 is 46.7 Å². The largest absolute Gasteiger partial charge is 0.357 e. The molecule has 0 spiro atoms. The number of nitrogens with zero attached hydrogens (tertiary/aromatic N) is 2. The molecular weight excluding hydrogens is 475 g/mol. The Balaban J connectivity index is 0.00000243. The number of hydrogen-bond donors (Lipinski definition) is 2. The second kappa shape index (κ2) is 11.9. The van der Waals surface area contributed by atoms with Gasteiger partial charge in [0.1, 0.15) is 0 Å². The van der Waals surface area contributed by atoms with E-state index in [0.717, 1.165) is 38.1 Å². The highest BCUT2D eigenvalue weighted by molar-refractivity contribution is 14.0. The second-order valence-corrected chi connectivity index (χ2v) is 8.32. The van der Waals surface area contributed by atoms with Crippen molar-refractivity contribution in [3.05, 3.63) is 44.8 Å². The Morgan fingerprint density at radius 3 is 2.73 bits per heavy atom. The molecule has 2 N–H and O–H groups in total. The average molecular weight is 505 g/mol. The molecule has 2 aromatic rings. The monoisotopic (exact) mass is 504 g/mol. The lowest BCUT2D eigenvalue weighted by atomic mass is 9.97. The number of thiophene rings is 2. The summed E-state index contributed by atoms with van der Waals surface area (Å²) in [5.41, 5.74) is 1.28. The first-order chi connectivity index (χ1) is 12.3. The summed E-state index contributed by atoms with van der Waals surface area (Å²) in [5, 5.41) is 13.3. The molecule has 1 aliphatic heterocycles. The number of piperidine rings is 1. The number of rotatable bonds is 7. The molecule has 1 aliphatic rings. The van der Waals surface area contributed by atoms with E-state index in [9.17, 15) is 0 Å².